The first-order chi connectivity index (χ1) is 16.4. The number of ether oxygens (including phenoxy) is 1. The van der Waals surface area contributed by atoms with Crippen LogP contribution < -0.4 is 15.6 Å². The summed E-state index contributed by atoms with van der Waals surface area (Å²) in [6, 6.07) is 19.8. The van der Waals surface area contributed by atoms with E-state index >= 15 is 0 Å². The van der Waals surface area contributed by atoms with Crippen LogP contribution >= 0.6 is 23.4 Å². The summed E-state index contributed by atoms with van der Waals surface area (Å²) in [6.07, 6.45) is 0. The molecule has 34 heavy (non-hydrogen) atoms. The van der Waals surface area contributed by atoms with Gasteiger partial charge in [-0.3, -0.25) is 14.2 Å². The molecule has 1 aromatic heterocycles. The van der Waals surface area contributed by atoms with Gasteiger partial charge in [0.15, 0.2) is 5.16 Å². The van der Waals surface area contributed by atoms with Gasteiger partial charge in [0.1, 0.15) is 5.75 Å². The molecule has 0 spiro atoms. The van der Waals surface area contributed by atoms with Gasteiger partial charge in [0.2, 0.25) is 0 Å². The summed E-state index contributed by atoms with van der Waals surface area (Å²) >= 11 is 7.75. The summed E-state index contributed by atoms with van der Waals surface area (Å²) in [4.78, 5) is 30.9. The molecule has 0 aliphatic rings. The van der Waals surface area contributed by atoms with Crippen molar-refractivity contribution < 1.29 is 9.53 Å². The number of aromatic nitrogens is 2. The number of amides is 1. The molecule has 1 heterocycles. The van der Waals surface area contributed by atoms with Gasteiger partial charge in [0.25, 0.3) is 11.5 Å². The van der Waals surface area contributed by atoms with Gasteiger partial charge in [-0.1, -0.05) is 47.6 Å². The quantitative estimate of drug-likeness (QED) is 0.272. The van der Waals surface area contributed by atoms with Crippen LogP contribution in [0.15, 0.2) is 76.7 Å². The highest BCUT2D eigenvalue weighted by atomic mass is 35.5. The minimum absolute atomic E-state index is 0.000967. The molecule has 0 atom stereocenters. The third-order valence-corrected chi connectivity index (χ3v) is 6.50. The number of hydrogen-bond donors (Lipinski definition) is 1. The molecule has 1 amide bonds. The van der Waals surface area contributed by atoms with E-state index < -0.39 is 0 Å². The molecule has 0 saturated carbocycles. The first kappa shape index (κ1) is 23.9. The van der Waals surface area contributed by atoms with Crippen molar-refractivity contribution in [3.63, 3.8) is 0 Å². The van der Waals surface area contributed by atoms with E-state index in [1.807, 2.05) is 56.3 Å². The maximum absolute atomic E-state index is 13.6. The van der Waals surface area contributed by atoms with E-state index in [9.17, 15) is 9.59 Å². The Kier molecular flexibility index (Phi) is 7.24. The number of rotatable bonds is 7. The van der Waals surface area contributed by atoms with Crippen molar-refractivity contribution >= 4 is 40.2 Å². The van der Waals surface area contributed by atoms with Crippen LogP contribution in [0.5, 0.6) is 5.75 Å². The van der Waals surface area contributed by atoms with E-state index in [0.29, 0.717) is 43.8 Å². The van der Waals surface area contributed by atoms with Crippen molar-refractivity contribution in [1.29, 1.82) is 0 Å². The van der Waals surface area contributed by atoms with E-state index in [4.69, 9.17) is 21.3 Å². The van der Waals surface area contributed by atoms with Crippen LogP contribution in [0.1, 0.15) is 29.8 Å². The number of benzene rings is 3. The highest BCUT2D eigenvalue weighted by Crippen LogP contribution is 2.28. The molecule has 174 valence electrons. The summed E-state index contributed by atoms with van der Waals surface area (Å²) in [5.74, 6) is 0.947. The Morgan fingerprint density at radius 2 is 1.91 bits per heavy atom. The van der Waals surface area contributed by atoms with Crippen LogP contribution in [0.25, 0.3) is 16.6 Å². The fraction of sp³-hybridized carbons (Fsp3) is 0.192. The van der Waals surface area contributed by atoms with Crippen LogP contribution in [0.4, 0.5) is 0 Å². The first-order valence-electron chi connectivity index (χ1n) is 10.8. The lowest BCUT2D eigenvalue weighted by molar-refractivity contribution is 0.0943. The standard InChI is InChI=1S/C26H24ClN3O3S/c1-16(2)28-24(31)17-11-12-21-23(13-17)29-26(34-15-18-7-4-5-10-22(18)27)30(25(21)32)19-8-6-9-20(14-19)33-3/h4-14,16H,15H2,1-3H3,(H,28,31). The number of halogens is 1. The van der Waals surface area contributed by atoms with Gasteiger partial charge < -0.3 is 10.1 Å². The largest absolute Gasteiger partial charge is 0.497 e. The molecule has 0 aliphatic heterocycles. The zero-order chi connectivity index (χ0) is 24.2. The number of methoxy groups -OCH3 is 1. The number of carbonyl (C=O) groups is 1. The molecule has 0 radical (unpaired) electrons. The second-order valence-corrected chi connectivity index (χ2v) is 9.33. The summed E-state index contributed by atoms with van der Waals surface area (Å²) in [5, 5.41) is 4.44. The number of hydrogen-bond acceptors (Lipinski definition) is 5. The van der Waals surface area contributed by atoms with Crippen molar-refractivity contribution in [3.8, 4) is 11.4 Å². The molecular formula is C26H24ClN3O3S. The van der Waals surface area contributed by atoms with Gasteiger partial charge in [-0.25, -0.2) is 4.98 Å². The normalized spacial score (nSPS) is 11.1. The highest BCUT2D eigenvalue weighted by molar-refractivity contribution is 7.98. The maximum Gasteiger partial charge on any atom is 0.266 e. The minimum atomic E-state index is -0.226. The predicted octanol–water partition coefficient (Wildman–Crippen LogP) is 5.48. The van der Waals surface area contributed by atoms with Crippen molar-refractivity contribution in [2.75, 3.05) is 7.11 Å². The average molecular weight is 494 g/mol. The van der Waals surface area contributed by atoms with Crippen LogP contribution in [0.2, 0.25) is 5.02 Å². The zero-order valence-corrected chi connectivity index (χ0v) is 20.6. The molecule has 4 aromatic rings. The highest BCUT2D eigenvalue weighted by Gasteiger charge is 2.17. The Hall–Kier alpha value is -3.29. The average Bonchev–Trinajstić information content (AvgIpc) is 2.83. The summed E-state index contributed by atoms with van der Waals surface area (Å²) in [7, 11) is 1.58. The molecule has 4 rings (SSSR count). The van der Waals surface area contributed by atoms with Crippen LogP contribution in [-0.2, 0) is 5.75 Å². The number of fused-ring (bicyclic) bond motifs is 1. The summed E-state index contributed by atoms with van der Waals surface area (Å²) < 4.78 is 6.93. The molecule has 8 heteroatoms. The fourth-order valence-corrected chi connectivity index (χ4v) is 4.78. The Morgan fingerprint density at radius 3 is 2.65 bits per heavy atom. The molecule has 3 aromatic carbocycles. The fourth-order valence-electron chi connectivity index (χ4n) is 3.48. The SMILES string of the molecule is COc1cccc(-n2c(SCc3ccccc3Cl)nc3cc(C(=O)NC(C)C)ccc3c2=O)c1. The third kappa shape index (κ3) is 5.11. The van der Waals surface area contributed by atoms with Gasteiger partial charge in [0.05, 0.1) is 23.7 Å². The second-order valence-electron chi connectivity index (χ2n) is 7.98. The maximum atomic E-state index is 13.6. The number of nitrogens with one attached hydrogen (secondary N) is 1. The van der Waals surface area contributed by atoms with Gasteiger partial charge in [0, 0.05) is 28.4 Å². The van der Waals surface area contributed by atoms with E-state index in [-0.39, 0.29) is 17.5 Å². The van der Waals surface area contributed by atoms with Crippen molar-refractivity contribution in [2.24, 2.45) is 0 Å². The monoisotopic (exact) mass is 493 g/mol. The van der Waals surface area contributed by atoms with E-state index in [1.165, 1.54) is 11.8 Å². The molecule has 0 unspecified atom stereocenters. The molecule has 0 bridgehead atoms. The predicted molar refractivity (Wildman–Crippen MR) is 138 cm³/mol. The smallest absolute Gasteiger partial charge is 0.266 e. The van der Waals surface area contributed by atoms with E-state index in [2.05, 4.69) is 5.32 Å². The molecule has 1 N–H and O–H groups in total. The summed E-state index contributed by atoms with van der Waals surface area (Å²) in [5.41, 5.74) is 2.26. The van der Waals surface area contributed by atoms with Crippen molar-refractivity contribution in [1.82, 2.24) is 14.9 Å². The first-order valence-corrected chi connectivity index (χ1v) is 12.1. The lowest BCUT2D eigenvalue weighted by atomic mass is 10.1. The van der Waals surface area contributed by atoms with Gasteiger partial charge in [-0.05, 0) is 55.8 Å². The Bertz CT molecular complexity index is 1420. The minimum Gasteiger partial charge on any atom is -0.497 e. The van der Waals surface area contributed by atoms with Crippen LogP contribution in [-0.4, -0.2) is 28.6 Å². The third-order valence-electron chi connectivity index (χ3n) is 5.15. The number of nitrogens with zero attached hydrogens (tertiary/aromatic N) is 2. The van der Waals surface area contributed by atoms with Crippen molar-refractivity contribution in [2.45, 2.75) is 30.8 Å². The molecule has 0 aliphatic carbocycles. The Labute approximate surface area is 206 Å². The Balaban J connectivity index is 1.85. The van der Waals surface area contributed by atoms with Gasteiger partial charge >= 0.3 is 0 Å². The molecule has 6 nitrogen and oxygen atoms in total. The molecular weight excluding hydrogens is 470 g/mol. The lowest BCUT2D eigenvalue weighted by Gasteiger charge is -2.15. The van der Waals surface area contributed by atoms with E-state index in [1.54, 1.807) is 35.9 Å². The number of carbonyl (C=O) groups excluding carboxylic acids is 1. The van der Waals surface area contributed by atoms with Gasteiger partial charge in [-0.15, -0.1) is 0 Å². The van der Waals surface area contributed by atoms with Gasteiger partial charge in [-0.2, -0.15) is 0 Å². The van der Waals surface area contributed by atoms with Crippen LogP contribution in [0, 0.1) is 0 Å². The zero-order valence-electron chi connectivity index (χ0n) is 19.0. The molecule has 0 fully saturated rings. The Morgan fingerprint density at radius 1 is 1.12 bits per heavy atom. The summed E-state index contributed by atoms with van der Waals surface area (Å²) in [6.45, 7) is 3.79. The van der Waals surface area contributed by atoms with E-state index in [0.717, 1.165) is 5.56 Å². The second kappa shape index (κ2) is 10.3. The molecule has 0 saturated heterocycles. The lowest BCUT2D eigenvalue weighted by Crippen LogP contribution is -2.30. The van der Waals surface area contributed by atoms with Crippen molar-refractivity contribution in [3.05, 3.63) is 93.2 Å². The number of thioether (sulfide) groups is 1. The topological polar surface area (TPSA) is 73.2 Å². The van der Waals surface area contributed by atoms with Crippen LogP contribution in [0.3, 0.4) is 0 Å².